The summed E-state index contributed by atoms with van der Waals surface area (Å²) in [6, 6.07) is 16.4. The van der Waals surface area contributed by atoms with Gasteiger partial charge in [0.1, 0.15) is 5.75 Å². The number of para-hydroxylation sites is 1. The number of thioether (sulfide) groups is 1. The number of benzene rings is 2. The van der Waals surface area contributed by atoms with Crippen LogP contribution in [0.2, 0.25) is 0 Å². The molecule has 0 spiro atoms. The van der Waals surface area contributed by atoms with Crippen LogP contribution in [0, 0.1) is 0 Å². The molecule has 1 fully saturated rings. The van der Waals surface area contributed by atoms with Gasteiger partial charge in [-0.3, -0.25) is 4.79 Å². The minimum Gasteiger partial charge on any atom is -0.497 e. The molecule has 28 heavy (non-hydrogen) atoms. The largest absolute Gasteiger partial charge is 0.497 e. The summed E-state index contributed by atoms with van der Waals surface area (Å²) < 4.78 is 9.74. The van der Waals surface area contributed by atoms with Crippen molar-refractivity contribution in [1.82, 2.24) is 5.01 Å². The van der Waals surface area contributed by atoms with Crippen LogP contribution in [0.5, 0.6) is 5.75 Å². The van der Waals surface area contributed by atoms with Gasteiger partial charge in [0, 0.05) is 6.08 Å². The molecule has 3 rings (SSSR count). The van der Waals surface area contributed by atoms with Crippen LogP contribution in [0.15, 0.2) is 75.7 Å². The molecule has 1 aliphatic rings. The third-order valence-corrected chi connectivity index (χ3v) is 4.61. The maximum absolute atomic E-state index is 12.7. The quantitative estimate of drug-likeness (QED) is 0.441. The van der Waals surface area contributed by atoms with E-state index in [0.717, 1.165) is 34.2 Å². The summed E-state index contributed by atoms with van der Waals surface area (Å²) >= 11 is 1.06. The number of esters is 1. The first-order valence-electron chi connectivity index (χ1n) is 8.24. The van der Waals surface area contributed by atoms with E-state index in [2.05, 4.69) is 14.8 Å². The monoisotopic (exact) mass is 395 g/mol. The Hall–Kier alpha value is -3.39. The highest BCUT2D eigenvalue weighted by Gasteiger charge is 2.34. The summed E-state index contributed by atoms with van der Waals surface area (Å²) in [5, 5.41) is 5.77. The van der Waals surface area contributed by atoms with Gasteiger partial charge in [0.25, 0.3) is 5.91 Å². The molecule has 0 bridgehead atoms. The lowest BCUT2D eigenvalue weighted by molar-refractivity contribution is -0.135. The fourth-order valence-electron chi connectivity index (χ4n) is 2.23. The summed E-state index contributed by atoms with van der Waals surface area (Å²) in [7, 11) is 2.84. The Kier molecular flexibility index (Phi) is 6.23. The van der Waals surface area contributed by atoms with Crippen molar-refractivity contribution in [3.8, 4) is 5.75 Å². The summed E-state index contributed by atoms with van der Waals surface area (Å²) in [6.07, 6.45) is 2.68. The molecule has 1 amide bonds. The van der Waals surface area contributed by atoms with E-state index in [4.69, 9.17) is 4.74 Å². The Morgan fingerprint density at radius 3 is 2.43 bits per heavy atom. The van der Waals surface area contributed by atoms with Crippen molar-refractivity contribution in [2.75, 3.05) is 14.2 Å². The molecule has 0 radical (unpaired) electrons. The van der Waals surface area contributed by atoms with Crippen LogP contribution in [-0.4, -0.2) is 42.5 Å². The van der Waals surface area contributed by atoms with Gasteiger partial charge in [0.15, 0.2) is 5.17 Å². The van der Waals surface area contributed by atoms with Gasteiger partial charge in [0.05, 0.1) is 31.0 Å². The molecule has 1 aliphatic heterocycles. The Morgan fingerprint density at radius 1 is 1.07 bits per heavy atom. The summed E-state index contributed by atoms with van der Waals surface area (Å²) in [5.74, 6) is -0.342. The smallest absolute Gasteiger partial charge is 0.331 e. The second kappa shape index (κ2) is 9.01. The molecule has 2 aromatic carbocycles. The fourth-order valence-corrected chi connectivity index (χ4v) is 3.13. The fraction of sp³-hybridized carbons (Fsp3) is 0.100. The summed E-state index contributed by atoms with van der Waals surface area (Å²) in [6.45, 7) is 0. The van der Waals surface area contributed by atoms with E-state index in [0.29, 0.717) is 10.9 Å². The Morgan fingerprint density at radius 2 is 1.79 bits per heavy atom. The van der Waals surface area contributed by atoms with E-state index in [1.54, 1.807) is 25.5 Å². The topological polar surface area (TPSA) is 80.6 Å². The first-order chi connectivity index (χ1) is 13.6. The molecule has 0 atom stereocenters. The summed E-state index contributed by atoms with van der Waals surface area (Å²) in [5.41, 5.74) is 1.45. The van der Waals surface area contributed by atoms with Crippen molar-refractivity contribution in [2.24, 2.45) is 10.1 Å². The normalized spacial score (nSPS) is 16.9. The second-order valence-corrected chi connectivity index (χ2v) is 6.51. The van der Waals surface area contributed by atoms with Gasteiger partial charge in [0.2, 0.25) is 0 Å². The van der Waals surface area contributed by atoms with Crippen LogP contribution in [0.4, 0.5) is 5.69 Å². The number of hydrogen-bond donors (Lipinski definition) is 0. The number of amides is 1. The van der Waals surface area contributed by atoms with Gasteiger partial charge in [-0.25, -0.2) is 9.79 Å². The standard InChI is InChI=1S/C20H17N3O4S/c1-26-16-10-8-14(9-11-16)13-21-23-19(25)17(12-18(24)27-2)28-20(23)22-15-6-4-3-5-7-15/h3-13H,1-2H3/b17-12?,21-13+,22-20?. The number of carbonyl (C=O) groups is 2. The molecule has 142 valence electrons. The number of amidine groups is 1. The molecule has 1 saturated heterocycles. The molecular formula is C20H17N3O4S. The molecule has 7 nitrogen and oxygen atoms in total. The van der Waals surface area contributed by atoms with Crippen molar-refractivity contribution in [3.05, 3.63) is 71.1 Å². The number of hydrogen-bond acceptors (Lipinski definition) is 7. The van der Waals surface area contributed by atoms with Gasteiger partial charge in [-0.2, -0.15) is 10.1 Å². The average Bonchev–Trinajstić information content (AvgIpc) is 3.01. The van der Waals surface area contributed by atoms with Crippen molar-refractivity contribution in [3.63, 3.8) is 0 Å². The van der Waals surface area contributed by atoms with E-state index in [1.165, 1.54) is 7.11 Å². The predicted molar refractivity (Wildman–Crippen MR) is 109 cm³/mol. The maximum atomic E-state index is 12.7. The molecule has 0 unspecified atom stereocenters. The third-order valence-electron chi connectivity index (χ3n) is 3.65. The van der Waals surface area contributed by atoms with Gasteiger partial charge >= 0.3 is 5.97 Å². The van der Waals surface area contributed by atoms with E-state index in [1.807, 2.05) is 42.5 Å². The van der Waals surface area contributed by atoms with Crippen LogP contribution >= 0.6 is 11.8 Å². The number of hydrazone groups is 1. The molecule has 8 heteroatoms. The van der Waals surface area contributed by atoms with E-state index in [9.17, 15) is 9.59 Å². The molecule has 2 aromatic rings. The van der Waals surface area contributed by atoms with Crippen LogP contribution in [0.3, 0.4) is 0 Å². The first kappa shape index (κ1) is 19.4. The van der Waals surface area contributed by atoms with Gasteiger partial charge in [-0.05, 0) is 53.7 Å². The molecule has 1 heterocycles. The molecule has 0 aromatic heterocycles. The number of carbonyl (C=O) groups excluding carboxylic acids is 2. The third kappa shape index (κ3) is 4.66. The first-order valence-corrected chi connectivity index (χ1v) is 9.06. The van der Waals surface area contributed by atoms with Crippen molar-refractivity contribution in [2.45, 2.75) is 0 Å². The molecule has 0 saturated carbocycles. The lowest BCUT2D eigenvalue weighted by atomic mass is 10.2. The number of ether oxygens (including phenoxy) is 2. The minimum atomic E-state index is -0.615. The van der Waals surface area contributed by atoms with Crippen molar-refractivity contribution < 1.29 is 19.1 Å². The molecule has 0 N–H and O–H groups in total. The molecular weight excluding hydrogens is 378 g/mol. The van der Waals surface area contributed by atoms with Crippen LogP contribution in [-0.2, 0) is 14.3 Å². The Bertz CT molecular complexity index is 953. The highest BCUT2D eigenvalue weighted by Crippen LogP contribution is 2.33. The van der Waals surface area contributed by atoms with Gasteiger partial charge in [-0.15, -0.1) is 0 Å². The maximum Gasteiger partial charge on any atom is 0.331 e. The van der Waals surface area contributed by atoms with E-state index < -0.39 is 11.9 Å². The number of nitrogens with zero attached hydrogens (tertiary/aromatic N) is 3. The van der Waals surface area contributed by atoms with Crippen LogP contribution < -0.4 is 4.74 Å². The lowest BCUT2D eigenvalue weighted by Crippen LogP contribution is -2.23. The lowest BCUT2D eigenvalue weighted by Gasteiger charge is -2.08. The predicted octanol–water partition coefficient (Wildman–Crippen LogP) is 3.35. The highest BCUT2D eigenvalue weighted by atomic mass is 32.2. The summed E-state index contributed by atoms with van der Waals surface area (Å²) in [4.78, 5) is 28.9. The van der Waals surface area contributed by atoms with E-state index in [-0.39, 0.29) is 4.91 Å². The SMILES string of the molecule is COC(=O)C=C1SC(=Nc2ccccc2)N(/N=C/c2ccc(OC)cc2)C1=O. The molecule has 0 aliphatic carbocycles. The minimum absolute atomic E-state index is 0.188. The average molecular weight is 395 g/mol. The Labute approximate surface area is 166 Å². The number of aliphatic imine (C=N–C) groups is 1. The highest BCUT2D eigenvalue weighted by molar-refractivity contribution is 8.18. The Balaban J connectivity index is 1.92. The zero-order chi connectivity index (χ0) is 19.9. The zero-order valence-electron chi connectivity index (χ0n) is 15.2. The number of methoxy groups -OCH3 is 2. The van der Waals surface area contributed by atoms with Gasteiger partial charge in [-0.1, -0.05) is 18.2 Å². The van der Waals surface area contributed by atoms with E-state index >= 15 is 0 Å². The van der Waals surface area contributed by atoms with Crippen molar-refractivity contribution in [1.29, 1.82) is 0 Å². The van der Waals surface area contributed by atoms with Gasteiger partial charge < -0.3 is 9.47 Å². The zero-order valence-corrected chi connectivity index (χ0v) is 16.1. The second-order valence-electron chi connectivity index (χ2n) is 5.50. The van der Waals surface area contributed by atoms with Crippen LogP contribution in [0.1, 0.15) is 5.56 Å². The van der Waals surface area contributed by atoms with Crippen LogP contribution in [0.25, 0.3) is 0 Å². The number of rotatable bonds is 5. The van der Waals surface area contributed by atoms with Crippen molar-refractivity contribution >= 4 is 40.7 Å².